The number of benzene rings is 2. The average Bonchev–Trinajstić information content (AvgIpc) is 3.43. The van der Waals surface area contributed by atoms with Crippen LogP contribution in [0.2, 0.25) is 0 Å². The number of amides is 2. The molecule has 2 aromatic heterocycles. The van der Waals surface area contributed by atoms with Crippen molar-refractivity contribution in [2.24, 2.45) is 0 Å². The van der Waals surface area contributed by atoms with Gasteiger partial charge in [0.25, 0.3) is 5.91 Å². The highest BCUT2D eigenvalue weighted by molar-refractivity contribution is 7.14. The molecule has 29 heavy (non-hydrogen) atoms. The summed E-state index contributed by atoms with van der Waals surface area (Å²) in [5.74, 6) is -0.208. The lowest BCUT2D eigenvalue weighted by molar-refractivity contribution is -0.116. The monoisotopic (exact) mass is 421 g/mol. The van der Waals surface area contributed by atoms with Crippen molar-refractivity contribution in [1.82, 2.24) is 10.3 Å². The molecule has 2 amide bonds. The van der Waals surface area contributed by atoms with Crippen LogP contribution in [0.15, 0.2) is 64.7 Å². The molecule has 2 aromatic carbocycles. The smallest absolute Gasteiger partial charge is 0.252 e. The van der Waals surface area contributed by atoms with Crippen LogP contribution in [0.25, 0.3) is 22.0 Å². The molecule has 2 heterocycles. The first-order chi connectivity index (χ1) is 14.2. The SMILES string of the molecule is O=C(CCCNC(=O)c1ccsc1)Nc1nc(-c2ccc3ccccc3c2)cs1. The molecular formula is C22H19N3O2S2. The second-order valence-electron chi connectivity index (χ2n) is 6.52. The highest BCUT2D eigenvalue weighted by atomic mass is 32.1. The van der Waals surface area contributed by atoms with E-state index in [4.69, 9.17) is 0 Å². The van der Waals surface area contributed by atoms with Crippen LogP contribution < -0.4 is 10.6 Å². The summed E-state index contributed by atoms with van der Waals surface area (Å²) in [6, 6.07) is 16.2. The van der Waals surface area contributed by atoms with Crippen LogP contribution in [-0.2, 0) is 4.79 Å². The Balaban J connectivity index is 1.28. The van der Waals surface area contributed by atoms with E-state index in [1.807, 2.05) is 29.0 Å². The minimum Gasteiger partial charge on any atom is -0.352 e. The molecule has 0 bridgehead atoms. The van der Waals surface area contributed by atoms with Crippen LogP contribution in [-0.4, -0.2) is 23.3 Å². The number of nitrogens with zero attached hydrogens (tertiary/aromatic N) is 1. The van der Waals surface area contributed by atoms with Crippen molar-refractivity contribution in [3.63, 3.8) is 0 Å². The number of rotatable bonds is 7. The van der Waals surface area contributed by atoms with Gasteiger partial charge in [-0.1, -0.05) is 36.4 Å². The first kappa shape index (κ1) is 19.3. The number of aromatic nitrogens is 1. The largest absolute Gasteiger partial charge is 0.352 e. The van der Waals surface area contributed by atoms with Crippen LogP contribution in [0.4, 0.5) is 5.13 Å². The summed E-state index contributed by atoms with van der Waals surface area (Å²) < 4.78 is 0. The summed E-state index contributed by atoms with van der Waals surface area (Å²) >= 11 is 2.89. The van der Waals surface area contributed by atoms with E-state index < -0.39 is 0 Å². The molecule has 0 saturated carbocycles. The third-order valence-corrected chi connectivity index (χ3v) is 5.89. The van der Waals surface area contributed by atoms with Gasteiger partial charge in [0, 0.05) is 34.9 Å². The van der Waals surface area contributed by atoms with Gasteiger partial charge in [0.05, 0.1) is 5.69 Å². The number of fused-ring (bicyclic) bond motifs is 1. The van der Waals surface area contributed by atoms with Crippen molar-refractivity contribution in [3.8, 4) is 11.3 Å². The summed E-state index contributed by atoms with van der Waals surface area (Å²) in [6.45, 7) is 0.461. The second kappa shape index (κ2) is 8.98. The number of thiophene rings is 1. The van der Waals surface area contributed by atoms with Gasteiger partial charge in [-0.25, -0.2) is 4.98 Å². The summed E-state index contributed by atoms with van der Waals surface area (Å²) in [4.78, 5) is 28.5. The second-order valence-corrected chi connectivity index (χ2v) is 8.16. The molecule has 146 valence electrons. The van der Waals surface area contributed by atoms with E-state index in [9.17, 15) is 9.59 Å². The summed E-state index contributed by atoms with van der Waals surface area (Å²) in [5.41, 5.74) is 2.53. The molecule has 5 nitrogen and oxygen atoms in total. The third kappa shape index (κ3) is 4.88. The van der Waals surface area contributed by atoms with Crippen LogP contribution in [0.3, 0.4) is 0 Å². The zero-order chi connectivity index (χ0) is 20.1. The fourth-order valence-electron chi connectivity index (χ4n) is 2.94. The van der Waals surface area contributed by atoms with Crippen LogP contribution in [0.5, 0.6) is 0 Å². The molecule has 0 saturated heterocycles. The molecule has 0 aliphatic rings. The van der Waals surface area contributed by atoms with Crippen molar-refractivity contribution >= 4 is 50.4 Å². The molecule has 4 aromatic rings. The molecule has 0 unspecified atom stereocenters. The van der Waals surface area contributed by atoms with Gasteiger partial charge < -0.3 is 10.6 Å². The van der Waals surface area contributed by atoms with E-state index >= 15 is 0 Å². The summed E-state index contributed by atoms with van der Waals surface area (Å²) in [7, 11) is 0. The van der Waals surface area contributed by atoms with Gasteiger partial charge >= 0.3 is 0 Å². The van der Waals surface area contributed by atoms with Gasteiger partial charge in [0.15, 0.2) is 5.13 Å². The lowest BCUT2D eigenvalue weighted by Gasteiger charge is -2.04. The number of thiazole rings is 1. The number of hydrogen-bond acceptors (Lipinski definition) is 5. The van der Waals surface area contributed by atoms with Gasteiger partial charge in [-0.05, 0) is 34.7 Å². The molecule has 0 fully saturated rings. The Kier molecular flexibility index (Phi) is 5.97. The zero-order valence-corrected chi connectivity index (χ0v) is 17.2. The van der Waals surface area contributed by atoms with Crippen LogP contribution in [0.1, 0.15) is 23.2 Å². The number of carbonyl (C=O) groups excluding carboxylic acids is 2. The lowest BCUT2D eigenvalue weighted by Crippen LogP contribution is -2.25. The molecule has 0 spiro atoms. The quantitative estimate of drug-likeness (QED) is 0.404. The minimum absolute atomic E-state index is 0.103. The van der Waals surface area contributed by atoms with Crippen molar-refractivity contribution in [3.05, 3.63) is 70.2 Å². The summed E-state index contributed by atoms with van der Waals surface area (Å²) in [5, 5.41) is 14.2. The van der Waals surface area contributed by atoms with Gasteiger partial charge in [0.2, 0.25) is 5.91 Å². The van der Waals surface area contributed by atoms with Crippen molar-refractivity contribution in [2.45, 2.75) is 12.8 Å². The maximum absolute atomic E-state index is 12.2. The molecule has 2 N–H and O–H groups in total. The van der Waals surface area contributed by atoms with Gasteiger partial charge in [0.1, 0.15) is 0 Å². The van der Waals surface area contributed by atoms with Gasteiger partial charge in [-0.3, -0.25) is 9.59 Å². The molecule has 0 aliphatic heterocycles. The molecule has 0 atom stereocenters. The van der Waals surface area contributed by atoms with Gasteiger partial charge in [-0.2, -0.15) is 11.3 Å². The lowest BCUT2D eigenvalue weighted by atomic mass is 10.1. The summed E-state index contributed by atoms with van der Waals surface area (Å²) in [6.07, 6.45) is 0.902. The Labute approximate surface area is 176 Å². The van der Waals surface area contributed by atoms with Gasteiger partial charge in [-0.15, -0.1) is 11.3 Å². The number of carbonyl (C=O) groups is 2. The Morgan fingerprint density at radius 3 is 2.69 bits per heavy atom. The van der Waals surface area contributed by atoms with E-state index in [-0.39, 0.29) is 11.8 Å². The minimum atomic E-state index is -0.105. The maximum Gasteiger partial charge on any atom is 0.252 e. The number of nitrogens with one attached hydrogen (secondary N) is 2. The molecule has 4 rings (SSSR count). The molecular weight excluding hydrogens is 402 g/mol. The third-order valence-electron chi connectivity index (χ3n) is 4.45. The van der Waals surface area contributed by atoms with E-state index in [0.717, 1.165) is 16.6 Å². The van der Waals surface area contributed by atoms with E-state index in [2.05, 4.69) is 39.9 Å². The first-order valence-electron chi connectivity index (χ1n) is 9.24. The Hall–Kier alpha value is -3.03. The molecule has 7 heteroatoms. The zero-order valence-electron chi connectivity index (χ0n) is 15.6. The highest BCUT2D eigenvalue weighted by Crippen LogP contribution is 2.27. The van der Waals surface area contributed by atoms with Crippen LogP contribution >= 0.6 is 22.7 Å². The normalized spacial score (nSPS) is 10.8. The Morgan fingerprint density at radius 1 is 1.00 bits per heavy atom. The maximum atomic E-state index is 12.2. The van der Waals surface area contributed by atoms with E-state index in [1.54, 1.807) is 11.4 Å². The topological polar surface area (TPSA) is 71.1 Å². The number of anilines is 1. The average molecular weight is 422 g/mol. The predicted octanol–water partition coefficient (Wildman–Crippen LogP) is 5.17. The van der Waals surface area contributed by atoms with E-state index in [1.165, 1.54) is 28.1 Å². The first-order valence-corrected chi connectivity index (χ1v) is 11.1. The number of hydrogen-bond donors (Lipinski definition) is 2. The predicted molar refractivity (Wildman–Crippen MR) is 120 cm³/mol. The van der Waals surface area contributed by atoms with Crippen molar-refractivity contribution < 1.29 is 9.59 Å². The van der Waals surface area contributed by atoms with Crippen molar-refractivity contribution in [1.29, 1.82) is 0 Å². The Bertz CT molecular complexity index is 1140. The molecule has 0 radical (unpaired) electrons. The van der Waals surface area contributed by atoms with Crippen LogP contribution in [0, 0.1) is 0 Å². The van der Waals surface area contributed by atoms with Crippen molar-refractivity contribution in [2.75, 3.05) is 11.9 Å². The fourth-order valence-corrected chi connectivity index (χ4v) is 4.31. The fraction of sp³-hybridized carbons (Fsp3) is 0.136. The van der Waals surface area contributed by atoms with E-state index in [0.29, 0.717) is 30.1 Å². The molecule has 0 aliphatic carbocycles. The highest BCUT2D eigenvalue weighted by Gasteiger charge is 2.09. The standard InChI is InChI=1S/C22H19N3O2S2/c26-20(6-3-10-23-21(27)18-9-11-28-13-18)25-22-24-19(14-29-22)17-8-7-15-4-1-2-5-16(15)12-17/h1-2,4-5,7-9,11-14H,3,6,10H2,(H,23,27)(H,24,25,26). The Morgan fingerprint density at radius 2 is 1.86 bits per heavy atom.